The smallest absolute Gasteiger partial charge is 0.416 e. The van der Waals surface area contributed by atoms with Crippen molar-refractivity contribution in [3.63, 3.8) is 0 Å². The van der Waals surface area contributed by atoms with Crippen LogP contribution in [0.1, 0.15) is 16.7 Å². The number of hydrogen-bond donors (Lipinski definition) is 1. The van der Waals surface area contributed by atoms with Crippen LogP contribution < -0.4 is 14.4 Å². The van der Waals surface area contributed by atoms with Gasteiger partial charge in [0.1, 0.15) is 5.75 Å². The molecule has 6 nitrogen and oxygen atoms in total. The molecule has 14 heteroatoms. The summed E-state index contributed by atoms with van der Waals surface area (Å²) in [5.74, 6) is -1.19. The molecule has 4 rings (SSSR count). The quantitative estimate of drug-likeness (QED) is 0.356. The number of fused-ring (bicyclic) bond motifs is 1. The molecule has 1 aliphatic heterocycles. The normalized spacial score (nSPS) is 13.8. The van der Waals surface area contributed by atoms with E-state index >= 15 is 0 Å². The third-order valence-corrected chi connectivity index (χ3v) is 7.67. The van der Waals surface area contributed by atoms with Crippen molar-refractivity contribution in [3.05, 3.63) is 82.4 Å². The fourth-order valence-electron chi connectivity index (χ4n) is 3.81. The number of nitrogens with zero attached hydrogens (tertiary/aromatic N) is 1. The lowest BCUT2D eigenvalue weighted by atomic mass is 10.1. The van der Waals surface area contributed by atoms with E-state index in [1.165, 1.54) is 16.4 Å². The highest BCUT2D eigenvalue weighted by Crippen LogP contribution is 2.38. The van der Waals surface area contributed by atoms with Crippen LogP contribution in [0, 0.1) is 0 Å². The van der Waals surface area contributed by atoms with Crippen LogP contribution in [0.15, 0.2) is 65.6 Å². The second-order valence-corrected chi connectivity index (χ2v) is 10.4. The number of alkyl halides is 6. The van der Waals surface area contributed by atoms with E-state index in [0.29, 0.717) is 24.2 Å². The van der Waals surface area contributed by atoms with Crippen LogP contribution in [-0.2, 0) is 33.6 Å². The van der Waals surface area contributed by atoms with Gasteiger partial charge in [-0.2, -0.15) is 26.3 Å². The highest BCUT2D eigenvalue weighted by Gasteiger charge is 2.37. The first-order valence-corrected chi connectivity index (χ1v) is 12.6. The number of para-hydroxylation sites is 1. The minimum atomic E-state index is -5.08. The molecule has 3 aromatic rings. The molecule has 202 valence electrons. The van der Waals surface area contributed by atoms with Crippen molar-refractivity contribution < 1.29 is 44.3 Å². The molecule has 0 saturated heterocycles. The molecular formula is C24H17ClF6N2O4S. The molecule has 1 heterocycles. The molecule has 0 atom stereocenters. The molecule has 0 spiro atoms. The molecule has 0 fully saturated rings. The van der Waals surface area contributed by atoms with Gasteiger partial charge in [-0.15, -0.1) is 0 Å². The van der Waals surface area contributed by atoms with Crippen molar-refractivity contribution in [1.82, 2.24) is 0 Å². The van der Waals surface area contributed by atoms with Gasteiger partial charge in [-0.1, -0.05) is 29.8 Å². The molecule has 1 amide bonds. The van der Waals surface area contributed by atoms with E-state index in [1.807, 2.05) is 11.4 Å². The molecule has 38 heavy (non-hydrogen) atoms. The topological polar surface area (TPSA) is 75.7 Å². The monoisotopic (exact) mass is 578 g/mol. The lowest BCUT2D eigenvalue weighted by Crippen LogP contribution is -2.29. The van der Waals surface area contributed by atoms with Gasteiger partial charge in [-0.25, -0.2) is 8.42 Å². The molecular weight excluding hydrogens is 562 g/mol. The van der Waals surface area contributed by atoms with Crippen LogP contribution in [-0.4, -0.2) is 27.5 Å². The zero-order valence-electron chi connectivity index (χ0n) is 19.0. The lowest BCUT2D eigenvalue weighted by Gasteiger charge is -2.20. The summed E-state index contributed by atoms with van der Waals surface area (Å²) >= 11 is 6.14. The number of ether oxygens (including phenoxy) is 1. The van der Waals surface area contributed by atoms with Gasteiger partial charge in [-0.3, -0.25) is 9.10 Å². The largest absolute Gasteiger partial charge is 0.482 e. The molecule has 0 saturated carbocycles. The summed E-state index contributed by atoms with van der Waals surface area (Å²) in [5, 5.41) is 1.75. The Kier molecular flexibility index (Phi) is 7.28. The third-order valence-electron chi connectivity index (χ3n) is 5.57. The van der Waals surface area contributed by atoms with Crippen molar-refractivity contribution in [3.8, 4) is 5.75 Å². The van der Waals surface area contributed by atoms with E-state index in [0.717, 1.165) is 11.6 Å². The summed E-state index contributed by atoms with van der Waals surface area (Å²) in [4.78, 5) is 12.1. The number of sulfonamides is 1. The summed E-state index contributed by atoms with van der Waals surface area (Å²) in [6.07, 6.45) is -9.62. The van der Waals surface area contributed by atoms with Gasteiger partial charge in [0.05, 0.1) is 26.7 Å². The molecule has 0 radical (unpaired) electrons. The zero-order valence-corrected chi connectivity index (χ0v) is 20.6. The zero-order chi connectivity index (χ0) is 27.9. The fraction of sp³-hybridized carbons (Fsp3) is 0.208. The van der Waals surface area contributed by atoms with Gasteiger partial charge >= 0.3 is 12.4 Å². The number of halogens is 7. The number of rotatable bonds is 6. The standard InChI is InChI=1S/C24H17ClF6N2O4S/c25-19-12-18(38(35,36)33-8-7-14-3-1-2-4-20(14)33)5-6-21(19)37-13-22(34)32-17-10-15(23(26,27)28)9-16(11-17)24(29,30)31/h1-6,9-12H,7-8,13H2,(H,32,34). The van der Waals surface area contributed by atoms with E-state index in [2.05, 4.69) is 0 Å². The highest BCUT2D eigenvalue weighted by molar-refractivity contribution is 7.92. The summed E-state index contributed by atoms with van der Waals surface area (Å²) < 4.78 is 111. The van der Waals surface area contributed by atoms with E-state index in [4.69, 9.17) is 16.3 Å². The average Bonchev–Trinajstić information content (AvgIpc) is 3.27. The molecule has 0 bridgehead atoms. The molecule has 0 aromatic heterocycles. The number of amides is 1. The van der Waals surface area contributed by atoms with Crippen molar-refractivity contribution >= 4 is 38.9 Å². The maximum atomic E-state index is 13.1. The molecule has 0 unspecified atom stereocenters. The number of carbonyl (C=O) groups excluding carboxylic acids is 1. The van der Waals surface area contributed by atoms with Crippen LogP contribution in [0.2, 0.25) is 5.02 Å². The van der Waals surface area contributed by atoms with E-state index in [9.17, 15) is 39.6 Å². The van der Waals surface area contributed by atoms with Gasteiger partial charge < -0.3 is 10.1 Å². The maximum Gasteiger partial charge on any atom is 0.416 e. The van der Waals surface area contributed by atoms with E-state index in [-0.39, 0.29) is 28.3 Å². The first kappa shape index (κ1) is 27.6. The Morgan fingerprint density at radius 3 is 2.18 bits per heavy atom. The van der Waals surface area contributed by atoms with Crippen LogP contribution in [0.4, 0.5) is 37.7 Å². The Balaban J connectivity index is 1.46. The minimum absolute atomic E-state index is 0.0672. The first-order valence-electron chi connectivity index (χ1n) is 10.8. The lowest BCUT2D eigenvalue weighted by molar-refractivity contribution is -0.143. The molecule has 0 aliphatic carbocycles. The average molecular weight is 579 g/mol. The Bertz CT molecular complexity index is 1460. The van der Waals surface area contributed by atoms with E-state index in [1.54, 1.807) is 18.2 Å². The molecule has 1 N–H and O–H groups in total. The number of carbonyl (C=O) groups is 1. The summed E-state index contributed by atoms with van der Waals surface area (Å²) in [6, 6.07) is 11.2. The number of nitrogens with one attached hydrogen (secondary N) is 1. The van der Waals surface area contributed by atoms with E-state index < -0.39 is 51.7 Å². The highest BCUT2D eigenvalue weighted by atomic mass is 35.5. The molecule has 1 aliphatic rings. The fourth-order valence-corrected chi connectivity index (χ4v) is 5.64. The van der Waals surface area contributed by atoms with Crippen LogP contribution in [0.5, 0.6) is 5.75 Å². The van der Waals surface area contributed by atoms with Crippen molar-refractivity contribution in [2.45, 2.75) is 23.7 Å². The second kappa shape index (κ2) is 10.0. The van der Waals surface area contributed by atoms with Crippen LogP contribution in [0.25, 0.3) is 0 Å². The summed E-state index contributed by atoms with van der Waals surface area (Å²) in [7, 11) is -3.97. The van der Waals surface area contributed by atoms with Crippen molar-refractivity contribution in [1.29, 1.82) is 0 Å². The van der Waals surface area contributed by atoms with Crippen molar-refractivity contribution in [2.75, 3.05) is 22.8 Å². The first-order chi connectivity index (χ1) is 17.7. The van der Waals surface area contributed by atoms with Crippen molar-refractivity contribution in [2.24, 2.45) is 0 Å². The van der Waals surface area contributed by atoms with Gasteiger partial charge in [0, 0.05) is 12.2 Å². The second-order valence-electron chi connectivity index (χ2n) is 8.18. The van der Waals surface area contributed by atoms with Gasteiger partial charge in [0.25, 0.3) is 15.9 Å². The maximum absolute atomic E-state index is 13.1. The number of anilines is 2. The predicted octanol–water partition coefficient (Wildman–Crippen LogP) is 6.15. The summed E-state index contributed by atoms with van der Waals surface area (Å²) in [5.41, 5.74) is -2.51. The Hall–Kier alpha value is -3.45. The van der Waals surface area contributed by atoms with Gasteiger partial charge in [0.2, 0.25) is 0 Å². The Morgan fingerprint density at radius 1 is 0.947 bits per heavy atom. The predicted molar refractivity (Wildman–Crippen MR) is 127 cm³/mol. The van der Waals surface area contributed by atoms with Crippen LogP contribution in [0.3, 0.4) is 0 Å². The Labute approximate surface area is 217 Å². The molecule has 3 aromatic carbocycles. The third kappa shape index (κ3) is 5.83. The van der Waals surface area contributed by atoms with Gasteiger partial charge in [0.15, 0.2) is 6.61 Å². The number of hydrogen-bond acceptors (Lipinski definition) is 4. The minimum Gasteiger partial charge on any atom is -0.482 e. The Morgan fingerprint density at radius 2 is 1.58 bits per heavy atom. The number of benzene rings is 3. The van der Waals surface area contributed by atoms with Crippen LogP contribution >= 0.6 is 11.6 Å². The summed E-state index contributed by atoms with van der Waals surface area (Å²) in [6.45, 7) is -0.591. The SMILES string of the molecule is O=C(COc1ccc(S(=O)(=O)N2CCc3ccccc32)cc1Cl)Nc1cc(C(F)(F)F)cc(C(F)(F)F)c1. The van der Waals surface area contributed by atoms with Gasteiger partial charge in [-0.05, 0) is 54.4 Å².